The molecule has 3 nitrogen and oxygen atoms in total. The Kier molecular flexibility index (Phi) is 1.31. The van der Waals surface area contributed by atoms with Crippen molar-refractivity contribution in [1.29, 1.82) is 0 Å². The molecule has 0 bridgehead atoms. The van der Waals surface area contributed by atoms with E-state index in [2.05, 4.69) is 4.98 Å². The highest BCUT2D eigenvalue weighted by Gasteiger charge is 1.93. The summed E-state index contributed by atoms with van der Waals surface area (Å²) in [5.74, 6) is 0. The number of aromatic nitrogens is 1. The van der Waals surface area contributed by atoms with Crippen LogP contribution in [0.5, 0.6) is 0 Å². The zero-order valence-electron chi connectivity index (χ0n) is 4.00. The maximum absolute atomic E-state index is 10.1. The first-order chi connectivity index (χ1) is 3.80. The molecule has 0 radical (unpaired) electrons. The number of nitrogens with one attached hydrogen (secondary N) is 1. The van der Waals surface area contributed by atoms with E-state index in [0.717, 1.165) is 0 Å². The standard InChI is InChI=1S/C4H4NO2P/c6-8(7)4-2-1-3-5-4/h1-3,5H. The Morgan fingerprint density at radius 1 is 1.50 bits per heavy atom. The molecule has 0 aliphatic heterocycles. The van der Waals surface area contributed by atoms with Crippen molar-refractivity contribution in [1.82, 2.24) is 4.98 Å². The molecule has 0 amide bonds. The highest BCUT2D eigenvalue weighted by Crippen LogP contribution is 1.98. The SMILES string of the molecule is O=P(=O)c1ccc[nH]1. The number of rotatable bonds is 1. The number of aromatic amines is 1. The smallest absolute Gasteiger partial charge is 0.353 e. The lowest BCUT2D eigenvalue weighted by atomic mass is 10.7. The molecule has 0 aromatic carbocycles. The minimum absolute atomic E-state index is 0.264. The van der Waals surface area contributed by atoms with Gasteiger partial charge in [0, 0.05) is 6.20 Å². The van der Waals surface area contributed by atoms with Gasteiger partial charge in [0.25, 0.3) is 0 Å². The van der Waals surface area contributed by atoms with E-state index in [-0.39, 0.29) is 5.44 Å². The summed E-state index contributed by atoms with van der Waals surface area (Å²) in [7, 11) is -2.41. The molecule has 1 N–H and O–H groups in total. The van der Waals surface area contributed by atoms with Gasteiger partial charge in [0.15, 0.2) is 0 Å². The lowest BCUT2D eigenvalue weighted by molar-refractivity contribution is 0.522. The van der Waals surface area contributed by atoms with Gasteiger partial charge >= 0.3 is 7.68 Å². The van der Waals surface area contributed by atoms with Crippen LogP contribution in [0.3, 0.4) is 0 Å². The predicted molar refractivity (Wildman–Crippen MR) is 28.7 cm³/mol. The second-order valence-corrected chi connectivity index (χ2v) is 2.31. The first-order valence-electron chi connectivity index (χ1n) is 2.08. The lowest BCUT2D eigenvalue weighted by Gasteiger charge is -1.69. The van der Waals surface area contributed by atoms with Crippen molar-refractivity contribution < 1.29 is 9.13 Å². The fourth-order valence-corrected chi connectivity index (χ4v) is 0.822. The molecular formula is C4H4NO2P. The van der Waals surface area contributed by atoms with Crippen molar-refractivity contribution in [2.24, 2.45) is 0 Å². The molecule has 0 saturated heterocycles. The topological polar surface area (TPSA) is 49.9 Å². The summed E-state index contributed by atoms with van der Waals surface area (Å²) in [6.07, 6.45) is 1.57. The molecule has 1 aromatic heterocycles. The highest BCUT2D eigenvalue weighted by atomic mass is 31.1. The third kappa shape index (κ3) is 0.873. The molecule has 1 rings (SSSR count). The van der Waals surface area contributed by atoms with Crippen LogP contribution in [0, 0.1) is 0 Å². The first kappa shape index (κ1) is 5.32. The molecule has 4 heteroatoms. The van der Waals surface area contributed by atoms with E-state index < -0.39 is 7.68 Å². The first-order valence-corrected chi connectivity index (χ1v) is 3.26. The zero-order chi connectivity index (χ0) is 5.98. The van der Waals surface area contributed by atoms with Crippen molar-refractivity contribution in [3.63, 3.8) is 0 Å². The summed E-state index contributed by atoms with van der Waals surface area (Å²) in [6.45, 7) is 0. The lowest BCUT2D eigenvalue weighted by Crippen LogP contribution is -1.88. The van der Waals surface area contributed by atoms with Gasteiger partial charge in [0.1, 0.15) is 5.44 Å². The second kappa shape index (κ2) is 1.97. The van der Waals surface area contributed by atoms with Crippen LogP contribution in [0.25, 0.3) is 0 Å². The van der Waals surface area contributed by atoms with E-state index >= 15 is 0 Å². The predicted octanol–water partition coefficient (Wildman–Crippen LogP) is 0.813. The molecule has 42 valence electrons. The summed E-state index contributed by atoms with van der Waals surface area (Å²) in [5, 5.41) is 0. The number of hydrogen-bond acceptors (Lipinski definition) is 2. The van der Waals surface area contributed by atoms with Crippen molar-refractivity contribution >= 4 is 13.1 Å². The summed E-state index contributed by atoms with van der Waals surface area (Å²) in [5.41, 5.74) is 0.264. The Bertz CT molecular complexity index is 216. The van der Waals surface area contributed by atoms with Gasteiger partial charge < -0.3 is 4.98 Å². The highest BCUT2D eigenvalue weighted by molar-refractivity contribution is 7.40. The van der Waals surface area contributed by atoms with Crippen molar-refractivity contribution in [2.75, 3.05) is 0 Å². The van der Waals surface area contributed by atoms with Crippen LogP contribution in [-0.4, -0.2) is 4.98 Å². The quantitative estimate of drug-likeness (QED) is 0.570. The molecule has 0 aliphatic rings. The molecule has 0 saturated carbocycles. The van der Waals surface area contributed by atoms with E-state index in [4.69, 9.17) is 0 Å². The van der Waals surface area contributed by atoms with E-state index in [1.165, 1.54) is 6.07 Å². The van der Waals surface area contributed by atoms with E-state index in [1.807, 2.05) is 0 Å². The average Bonchev–Trinajstić information content (AvgIpc) is 2.12. The second-order valence-electron chi connectivity index (χ2n) is 1.31. The van der Waals surface area contributed by atoms with Crippen LogP contribution in [0.2, 0.25) is 0 Å². The molecular weight excluding hydrogens is 125 g/mol. The third-order valence-corrected chi connectivity index (χ3v) is 1.45. The molecule has 1 aromatic rings. The number of H-pyrrole nitrogens is 1. The van der Waals surface area contributed by atoms with Gasteiger partial charge in [-0.3, -0.25) is 0 Å². The zero-order valence-corrected chi connectivity index (χ0v) is 4.89. The summed E-state index contributed by atoms with van der Waals surface area (Å²) < 4.78 is 20.1. The summed E-state index contributed by atoms with van der Waals surface area (Å²) in [4.78, 5) is 2.54. The third-order valence-electron chi connectivity index (χ3n) is 0.778. The van der Waals surface area contributed by atoms with Crippen LogP contribution in [0.4, 0.5) is 0 Å². The van der Waals surface area contributed by atoms with Crippen LogP contribution in [0.1, 0.15) is 0 Å². The average molecular weight is 129 g/mol. The largest absolute Gasteiger partial charge is 0.365 e. The van der Waals surface area contributed by atoms with Gasteiger partial charge in [-0.25, -0.2) is 9.13 Å². The van der Waals surface area contributed by atoms with Gasteiger partial charge in [-0.15, -0.1) is 0 Å². The van der Waals surface area contributed by atoms with Gasteiger partial charge in [0.05, 0.1) is 0 Å². The number of hydrogen-bond donors (Lipinski definition) is 1. The Labute approximate surface area is 46.6 Å². The van der Waals surface area contributed by atoms with Crippen LogP contribution < -0.4 is 5.44 Å². The molecule has 0 spiro atoms. The van der Waals surface area contributed by atoms with Gasteiger partial charge in [0.2, 0.25) is 0 Å². The molecule has 0 fully saturated rings. The molecule has 0 atom stereocenters. The summed E-state index contributed by atoms with van der Waals surface area (Å²) in [6, 6.07) is 3.15. The van der Waals surface area contributed by atoms with Crippen LogP contribution in [0.15, 0.2) is 18.3 Å². The fourth-order valence-electron chi connectivity index (χ4n) is 0.434. The van der Waals surface area contributed by atoms with E-state index in [0.29, 0.717) is 0 Å². The normalized spacial score (nSPS) is 9.00. The van der Waals surface area contributed by atoms with Crippen molar-refractivity contribution in [3.8, 4) is 0 Å². The van der Waals surface area contributed by atoms with Crippen LogP contribution in [-0.2, 0) is 9.13 Å². The van der Waals surface area contributed by atoms with E-state index in [1.54, 1.807) is 12.3 Å². The molecule has 0 unspecified atom stereocenters. The molecule has 0 aliphatic carbocycles. The maximum Gasteiger partial charge on any atom is 0.365 e. The Morgan fingerprint density at radius 3 is 2.50 bits per heavy atom. The fraction of sp³-hybridized carbons (Fsp3) is 0. The Balaban J connectivity index is 3.11. The summed E-state index contributed by atoms with van der Waals surface area (Å²) >= 11 is 0. The Hall–Kier alpha value is -0.820. The molecule has 1 heterocycles. The van der Waals surface area contributed by atoms with Gasteiger partial charge in [-0.2, -0.15) is 0 Å². The minimum Gasteiger partial charge on any atom is -0.353 e. The monoisotopic (exact) mass is 129 g/mol. The van der Waals surface area contributed by atoms with Crippen LogP contribution >= 0.6 is 7.68 Å². The van der Waals surface area contributed by atoms with Crippen molar-refractivity contribution in [2.45, 2.75) is 0 Å². The maximum atomic E-state index is 10.1. The van der Waals surface area contributed by atoms with Crippen molar-refractivity contribution in [3.05, 3.63) is 18.3 Å². The Morgan fingerprint density at radius 2 is 2.25 bits per heavy atom. The van der Waals surface area contributed by atoms with Gasteiger partial charge in [-0.1, -0.05) is 0 Å². The van der Waals surface area contributed by atoms with E-state index in [9.17, 15) is 9.13 Å². The van der Waals surface area contributed by atoms with Gasteiger partial charge in [-0.05, 0) is 12.1 Å². The molecule has 8 heavy (non-hydrogen) atoms. The minimum atomic E-state index is -2.41.